The van der Waals surface area contributed by atoms with Crippen molar-refractivity contribution in [3.05, 3.63) is 60.2 Å². The highest BCUT2D eigenvalue weighted by molar-refractivity contribution is 5.43. The second-order valence-corrected chi connectivity index (χ2v) is 3.39. The van der Waals surface area contributed by atoms with Crippen molar-refractivity contribution < 1.29 is 5.11 Å². The minimum absolute atomic E-state index is 0.308. The number of hydrogen-bond acceptors (Lipinski definition) is 2. The Morgan fingerprint density at radius 2 is 1.73 bits per heavy atom. The van der Waals surface area contributed by atoms with Crippen LogP contribution in [0.3, 0.4) is 0 Å². The highest BCUT2D eigenvalue weighted by atomic mass is 16.3. The molecule has 2 nitrogen and oxygen atoms in total. The maximum absolute atomic E-state index is 9.28. The Bertz CT molecular complexity index is 426. The Morgan fingerprint density at radius 1 is 0.933 bits per heavy atom. The highest BCUT2D eigenvalue weighted by Crippen LogP contribution is 2.13. The van der Waals surface area contributed by atoms with E-state index in [2.05, 4.69) is 5.32 Å². The maximum atomic E-state index is 9.28. The van der Waals surface area contributed by atoms with E-state index in [1.54, 1.807) is 12.1 Å². The van der Waals surface area contributed by atoms with Crippen LogP contribution in [0, 0.1) is 0 Å². The molecule has 0 spiro atoms. The van der Waals surface area contributed by atoms with Crippen LogP contribution in [-0.4, -0.2) is 5.11 Å². The van der Waals surface area contributed by atoms with E-state index in [9.17, 15) is 5.11 Å². The molecule has 2 aromatic carbocycles. The summed E-state index contributed by atoms with van der Waals surface area (Å²) < 4.78 is 0. The van der Waals surface area contributed by atoms with Gasteiger partial charge in [0.15, 0.2) is 0 Å². The van der Waals surface area contributed by atoms with Crippen LogP contribution >= 0.6 is 0 Å². The van der Waals surface area contributed by atoms with E-state index in [1.165, 1.54) is 0 Å². The van der Waals surface area contributed by atoms with Crippen molar-refractivity contribution in [1.82, 2.24) is 0 Å². The lowest BCUT2D eigenvalue weighted by Crippen LogP contribution is -1.98. The summed E-state index contributed by atoms with van der Waals surface area (Å²) in [6, 6.07) is 17.3. The highest BCUT2D eigenvalue weighted by Gasteiger charge is 1.94. The quantitative estimate of drug-likeness (QED) is 0.796. The molecule has 2 aromatic rings. The number of phenolic OH excluding ortho intramolecular Hbond substituents is 1. The first-order chi connectivity index (χ1) is 7.34. The van der Waals surface area contributed by atoms with E-state index in [4.69, 9.17) is 0 Å². The van der Waals surface area contributed by atoms with Gasteiger partial charge in [0, 0.05) is 12.2 Å². The summed E-state index contributed by atoms with van der Waals surface area (Å²) in [5, 5.41) is 12.6. The molecule has 0 aromatic heterocycles. The molecule has 15 heavy (non-hydrogen) atoms. The van der Waals surface area contributed by atoms with Gasteiger partial charge in [-0.15, -0.1) is 0 Å². The van der Waals surface area contributed by atoms with Gasteiger partial charge in [-0.05, 0) is 29.8 Å². The number of para-hydroxylation sites is 1. The van der Waals surface area contributed by atoms with E-state index in [1.807, 2.05) is 42.5 Å². The largest absolute Gasteiger partial charge is 0.508 e. The van der Waals surface area contributed by atoms with Gasteiger partial charge in [-0.2, -0.15) is 0 Å². The summed E-state index contributed by atoms with van der Waals surface area (Å²) in [5.41, 5.74) is 2.15. The molecule has 0 atom stereocenters. The van der Waals surface area contributed by atoms with E-state index in [-0.39, 0.29) is 0 Å². The molecule has 2 heteroatoms. The van der Waals surface area contributed by atoms with Gasteiger partial charge in [0.05, 0.1) is 0 Å². The van der Waals surface area contributed by atoms with Crippen LogP contribution < -0.4 is 5.32 Å². The molecule has 0 amide bonds. The fraction of sp³-hybridized carbons (Fsp3) is 0.0769. The molecule has 0 aliphatic rings. The zero-order valence-electron chi connectivity index (χ0n) is 8.35. The van der Waals surface area contributed by atoms with Crippen LogP contribution in [0.5, 0.6) is 5.75 Å². The molecule has 0 radical (unpaired) electrons. The molecule has 0 heterocycles. The van der Waals surface area contributed by atoms with E-state index < -0.39 is 0 Å². The van der Waals surface area contributed by atoms with E-state index in [0.717, 1.165) is 17.8 Å². The van der Waals surface area contributed by atoms with Crippen molar-refractivity contribution in [2.75, 3.05) is 5.32 Å². The van der Waals surface area contributed by atoms with Crippen LogP contribution in [-0.2, 0) is 6.54 Å². The summed E-state index contributed by atoms with van der Waals surface area (Å²) in [5.74, 6) is 0.308. The number of nitrogens with one attached hydrogen (secondary N) is 1. The predicted molar refractivity (Wildman–Crippen MR) is 61.9 cm³/mol. The fourth-order valence-corrected chi connectivity index (χ4v) is 1.43. The second-order valence-electron chi connectivity index (χ2n) is 3.39. The van der Waals surface area contributed by atoms with Gasteiger partial charge in [-0.3, -0.25) is 0 Å². The van der Waals surface area contributed by atoms with Gasteiger partial charge in [0.25, 0.3) is 0 Å². The molecule has 0 saturated heterocycles. The van der Waals surface area contributed by atoms with Crippen LogP contribution in [0.4, 0.5) is 5.69 Å². The average molecular weight is 199 g/mol. The number of hydrogen-bond donors (Lipinski definition) is 2. The molecule has 2 rings (SSSR count). The Kier molecular flexibility index (Phi) is 2.88. The lowest BCUT2D eigenvalue weighted by molar-refractivity contribution is 0.474. The van der Waals surface area contributed by atoms with Crippen molar-refractivity contribution in [3.8, 4) is 5.75 Å². The topological polar surface area (TPSA) is 32.3 Å². The van der Waals surface area contributed by atoms with Crippen molar-refractivity contribution in [1.29, 1.82) is 0 Å². The third kappa shape index (κ3) is 2.74. The average Bonchev–Trinajstić information content (AvgIpc) is 2.28. The van der Waals surface area contributed by atoms with Crippen molar-refractivity contribution in [3.63, 3.8) is 0 Å². The predicted octanol–water partition coefficient (Wildman–Crippen LogP) is 3.00. The minimum Gasteiger partial charge on any atom is -0.508 e. The van der Waals surface area contributed by atoms with Gasteiger partial charge < -0.3 is 10.4 Å². The lowest BCUT2D eigenvalue weighted by atomic mass is 10.2. The number of rotatable bonds is 3. The summed E-state index contributed by atoms with van der Waals surface area (Å²) in [4.78, 5) is 0. The molecular formula is C13H13NO. The molecule has 0 unspecified atom stereocenters. The number of aromatic hydroxyl groups is 1. The van der Waals surface area contributed by atoms with Crippen LogP contribution in [0.2, 0.25) is 0 Å². The van der Waals surface area contributed by atoms with Gasteiger partial charge in [-0.25, -0.2) is 0 Å². The van der Waals surface area contributed by atoms with Gasteiger partial charge in [0.2, 0.25) is 0 Å². The van der Waals surface area contributed by atoms with Crippen molar-refractivity contribution >= 4 is 5.69 Å². The molecule has 0 fully saturated rings. The van der Waals surface area contributed by atoms with Gasteiger partial charge in [-0.1, -0.05) is 30.3 Å². The zero-order valence-corrected chi connectivity index (χ0v) is 8.35. The summed E-state index contributed by atoms with van der Waals surface area (Å²) in [7, 11) is 0. The third-order valence-electron chi connectivity index (χ3n) is 2.18. The smallest absolute Gasteiger partial charge is 0.115 e. The monoisotopic (exact) mass is 199 g/mol. The first-order valence-corrected chi connectivity index (χ1v) is 4.91. The summed E-state index contributed by atoms with van der Waals surface area (Å²) >= 11 is 0. The molecule has 2 N–H and O–H groups in total. The number of benzene rings is 2. The molecule has 0 bridgehead atoms. The molecular weight excluding hydrogens is 186 g/mol. The molecule has 76 valence electrons. The lowest BCUT2D eigenvalue weighted by Gasteiger charge is -2.06. The fourth-order valence-electron chi connectivity index (χ4n) is 1.43. The standard InChI is InChI=1S/C13H13NO/c15-13-8-4-5-11(9-13)10-14-12-6-2-1-3-7-12/h1-9,14-15H,10H2. The number of phenols is 1. The maximum Gasteiger partial charge on any atom is 0.115 e. The molecule has 0 saturated carbocycles. The first-order valence-electron chi connectivity index (χ1n) is 4.91. The normalized spacial score (nSPS) is 9.87. The minimum atomic E-state index is 0.308. The van der Waals surface area contributed by atoms with E-state index >= 15 is 0 Å². The Hall–Kier alpha value is -1.96. The third-order valence-corrected chi connectivity index (χ3v) is 2.18. The van der Waals surface area contributed by atoms with Crippen molar-refractivity contribution in [2.24, 2.45) is 0 Å². The zero-order chi connectivity index (χ0) is 10.5. The Balaban J connectivity index is 1.99. The van der Waals surface area contributed by atoms with Gasteiger partial charge >= 0.3 is 0 Å². The SMILES string of the molecule is Oc1cccc(CNc2ccccc2)c1. The van der Waals surface area contributed by atoms with Gasteiger partial charge in [0.1, 0.15) is 5.75 Å². The molecule has 0 aliphatic carbocycles. The Morgan fingerprint density at radius 3 is 2.47 bits per heavy atom. The van der Waals surface area contributed by atoms with Crippen LogP contribution in [0.15, 0.2) is 54.6 Å². The van der Waals surface area contributed by atoms with Crippen LogP contribution in [0.25, 0.3) is 0 Å². The van der Waals surface area contributed by atoms with E-state index in [0.29, 0.717) is 5.75 Å². The Labute approximate surface area is 89.2 Å². The van der Waals surface area contributed by atoms with Crippen molar-refractivity contribution in [2.45, 2.75) is 6.54 Å². The first kappa shape index (κ1) is 9.59. The second kappa shape index (κ2) is 4.51. The molecule has 0 aliphatic heterocycles. The summed E-state index contributed by atoms with van der Waals surface area (Å²) in [6.07, 6.45) is 0. The summed E-state index contributed by atoms with van der Waals surface area (Å²) in [6.45, 7) is 0.721. The number of anilines is 1. The van der Waals surface area contributed by atoms with Crippen LogP contribution in [0.1, 0.15) is 5.56 Å².